The third kappa shape index (κ3) is 4.17. The molecule has 0 radical (unpaired) electrons. The minimum Gasteiger partial charge on any atom is -0.486 e. The topological polar surface area (TPSA) is 84.9 Å². The molecule has 27 heavy (non-hydrogen) atoms. The second-order valence-electron chi connectivity index (χ2n) is 7.25. The predicted octanol–water partition coefficient (Wildman–Crippen LogP) is 4.00. The van der Waals surface area contributed by atoms with Crippen molar-refractivity contribution in [3.63, 3.8) is 0 Å². The molecule has 2 aromatic rings. The van der Waals surface area contributed by atoms with Crippen molar-refractivity contribution in [3.8, 4) is 22.6 Å². The molecule has 0 aliphatic carbocycles. The summed E-state index contributed by atoms with van der Waals surface area (Å²) in [5.41, 5.74) is 1.28. The first kappa shape index (κ1) is 19.0. The van der Waals surface area contributed by atoms with E-state index in [1.54, 1.807) is 24.3 Å². The zero-order valence-corrected chi connectivity index (χ0v) is 16.0. The lowest BCUT2D eigenvalue weighted by molar-refractivity contribution is 0.0686. The molecule has 3 rings (SSSR count). The summed E-state index contributed by atoms with van der Waals surface area (Å²) >= 11 is 6.32. The van der Waals surface area contributed by atoms with Crippen LogP contribution in [0.25, 0.3) is 11.1 Å². The number of carbonyl (C=O) groups is 2. The number of fused-ring (bicyclic) bond motifs is 1. The lowest BCUT2D eigenvalue weighted by Crippen LogP contribution is -2.40. The molecule has 1 amide bonds. The number of hydrogen-bond donors (Lipinski definition) is 2. The number of aromatic carboxylic acids is 1. The van der Waals surface area contributed by atoms with E-state index >= 15 is 0 Å². The number of carboxylic acids is 1. The van der Waals surface area contributed by atoms with Gasteiger partial charge in [0.15, 0.2) is 11.5 Å². The molecule has 2 N–H and O–H groups in total. The summed E-state index contributed by atoms with van der Waals surface area (Å²) in [6.07, 6.45) is 0. The zero-order valence-electron chi connectivity index (χ0n) is 15.3. The lowest BCUT2D eigenvalue weighted by Gasteiger charge is -2.22. The molecule has 1 aliphatic rings. The summed E-state index contributed by atoms with van der Waals surface area (Å²) in [5, 5.41) is 12.6. The molecule has 0 fully saturated rings. The maximum absolute atomic E-state index is 12.4. The van der Waals surface area contributed by atoms with Crippen molar-refractivity contribution in [2.45, 2.75) is 26.3 Å². The Kier molecular flexibility index (Phi) is 5.02. The van der Waals surface area contributed by atoms with Gasteiger partial charge in [-0.3, -0.25) is 4.79 Å². The van der Waals surface area contributed by atoms with Crippen LogP contribution < -0.4 is 14.8 Å². The van der Waals surface area contributed by atoms with Crippen LogP contribution in [0.1, 0.15) is 41.5 Å². The zero-order chi connectivity index (χ0) is 19.8. The molecule has 0 bridgehead atoms. The first-order chi connectivity index (χ1) is 12.7. The largest absolute Gasteiger partial charge is 0.486 e. The third-order valence-electron chi connectivity index (χ3n) is 3.91. The quantitative estimate of drug-likeness (QED) is 0.828. The Morgan fingerprint density at radius 1 is 1.04 bits per heavy atom. The molecule has 0 unspecified atom stereocenters. The van der Waals surface area contributed by atoms with E-state index in [4.69, 9.17) is 21.1 Å². The Balaban J connectivity index is 2.00. The van der Waals surface area contributed by atoms with Gasteiger partial charge in [0.2, 0.25) is 0 Å². The Morgan fingerprint density at radius 2 is 1.74 bits per heavy atom. The van der Waals surface area contributed by atoms with E-state index in [1.165, 1.54) is 6.07 Å². The van der Waals surface area contributed by atoms with Gasteiger partial charge in [-0.25, -0.2) is 4.79 Å². The van der Waals surface area contributed by atoms with E-state index in [-0.39, 0.29) is 27.8 Å². The van der Waals surface area contributed by atoms with E-state index in [1.807, 2.05) is 20.8 Å². The highest BCUT2D eigenvalue weighted by atomic mass is 35.5. The fourth-order valence-electron chi connectivity index (χ4n) is 2.77. The minimum absolute atomic E-state index is 0.0212. The highest BCUT2D eigenvalue weighted by Gasteiger charge is 2.23. The molecule has 0 aromatic heterocycles. The fraction of sp³-hybridized carbons (Fsp3) is 0.300. The average Bonchev–Trinajstić information content (AvgIpc) is 2.58. The van der Waals surface area contributed by atoms with Gasteiger partial charge in [-0.2, -0.15) is 0 Å². The molecular formula is C20H20ClNO5. The predicted molar refractivity (Wildman–Crippen MR) is 102 cm³/mol. The van der Waals surface area contributed by atoms with Crippen LogP contribution in [0.4, 0.5) is 0 Å². The molecule has 0 spiro atoms. The van der Waals surface area contributed by atoms with E-state index < -0.39 is 5.97 Å². The van der Waals surface area contributed by atoms with Crippen molar-refractivity contribution >= 4 is 23.5 Å². The molecule has 0 saturated carbocycles. The molecule has 1 heterocycles. The van der Waals surface area contributed by atoms with Gasteiger partial charge in [-0.05, 0) is 56.2 Å². The van der Waals surface area contributed by atoms with Crippen LogP contribution in [0.3, 0.4) is 0 Å². The van der Waals surface area contributed by atoms with Crippen molar-refractivity contribution in [3.05, 3.63) is 46.5 Å². The number of hydrogen-bond acceptors (Lipinski definition) is 4. The van der Waals surface area contributed by atoms with Gasteiger partial charge in [0.05, 0.1) is 10.6 Å². The molecule has 142 valence electrons. The Hall–Kier alpha value is -2.73. The van der Waals surface area contributed by atoms with Crippen LogP contribution in [-0.2, 0) is 0 Å². The van der Waals surface area contributed by atoms with E-state index in [0.29, 0.717) is 35.7 Å². The Labute approximate surface area is 162 Å². The highest BCUT2D eigenvalue weighted by molar-refractivity contribution is 6.34. The number of rotatable bonds is 3. The number of nitrogens with one attached hydrogen (secondary N) is 1. The van der Waals surface area contributed by atoms with E-state index in [9.17, 15) is 14.7 Å². The average molecular weight is 390 g/mol. The molecule has 6 nitrogen and oxygen atoms in total. The maximum Gasteiger partial charge on any atom is 0.339 e. The molecule has 0 saturated heterocycles. The van der Waals surface area contributed by atoms with Gasteiger partial charge >= 0.3 is 5.97 Å². The van der Waals surface area contributed by atoms with Crippen molar-refractivity contribution in [2.24, 2.45) is 0 Å². The van der Waals surface area contributed by atoms with Gasteiger partial charge < -0.3 is 19.9 Å². The van der Waals surface area contributed by atoms with Crippen molar-refractivity contribution < 1.29 is 24.2 Å². The van der Waals surface area contributed by atoms with Crippen LogP contribution in [0, 0.1) is 0 Å². The Morgan fingerprint density at radius 3 is 2.37 bits per heavy atom. The van der Waals surface area contributed by atoms with Crippen molar-refractivity contribution in [1.29, 1.82) is 0 Å². The fourth-order valence-corrected chi connectivity index (χ4v) is 3.03. The maximum atomic E-state index is 12.4. The molecule has 0 atom stereocenters. The number of halogens is 1. The highest BCUT2D eigenvalue weighted by Crippen LogP contribution is 2.39. The summed E-state index contributed by atoms with van der Waals surface area (Å²) in [7, 11) is 0. The van der Waals surface area contributed by atoms with E-state index in [2.05, 4.69) is 5.32 Å². The number of carbonyl (C=O) groups excluding carboxylic acids is 1. The molecule has 2 aromatic carbocycles. The van der Waals surface area contributed by atoms with Gasteiger partial charge in [-0.15, -0.1) is 0 Å². The van der Waals surface area contributed by atoms with Gasteiger partial charge in [0, 0.05) is 5.54 Å². The van der Waals surface area contributed by atoms with E-state index in [0.717, 1.165) is 0 Å². The van der Waals surface area contributed by atoms with Crippen molar-refractivity contribution in [1.82, 2.24) is 5.32 Å². The SMILES string of the molecule is CC(C)(C)NC(=O)c1ccc(-c2cc3c(c(C(=O)O)c2)OCCO3)cc1Cl. The first-order valence-electron chi connectivity index (χ1n) is 8.45. The summed E-state index contributed by atoms with van der Waals surface area (Å²) in [6.45, 7) is 6.31. The third-order valence-corrected chi connectivity index (χ3v) is 4.22. The number of amides is 1. The monoisotopic (exact) mass is 389 g/mol. The smallest absolute Gasteiger partial charge is 0.339 e. The standard InChI is InChI=1S/C20H20ClNO5/c1-20(2,3)22-18(23)13-5-4-11(9-15(13)21)12-8-14(19(24)25)17-16(10-12)26-6-7-27-17/h4-5,8-10H,6-7H2,1-3H3,(H,22,23)(H,24,25). The summed E-state index contributed by atoms with van der Waals surface area (Å²) in [5.74, 6) is -0.773. The van der Waals surface area contributed by atoms with Crippen LogP contribution >= 0.6 is 11.6 Å². The second-order valence-corrected chi connectivity index (χ2v) is 7.66. The van der Waals surface area contributed by atoms with Gasteiger partial charge in [0.1, 0.15) is 18.8 Å². The van der Waals surface area contributed by atoms with Crippen LogP contribution in [0.15, 0.2) is 30.3 Å². The normalized spacial score (nSPS) is 13.2. The van der Waals surface area contributed by atoms with Gasteiger partial charge in [-0.1, -0.05) is 17.7 Å². The summed E-state index contributed by atoms with van der Waals surface area (Å²) in [6, 6.07) is 8.20. The van der Waals surface area contributed by atoms with Crippen LogP contribution in [0.5, 0.6) is 11.5 Å². The first-order valence-corrected chi connectivity index (χ1v) is 8.83. The molecule has 7 heteroatoms. The summed E-state index contributed by atoms with van der Waals surface area (Å²) < 4.78 is 11.0. The number of benzene rings is 2. The number of carboxylic acid groups (broad SMARTS) is 1. The second kappa shape index (κ2) is 7.12. The van der Waals surface area contributed by atoms with Crippen LogP contribution in [-0.4, -0.2) is 35.7 Å². The number of ether oxygens (including phenoxy) is 2. The molecule has 1 aliphatic heterocycles. The Bertz CT molecular complexity index is 917. The summed E-state index contributed by atoms with van der Waals surface area (Å²) in [4.78, 5) is 23.9. The van der Waals surface area contributed by atoms with Crippen LogP contribution in [0.2, 0.25) is 5.02 Å². The minimum atomic E-state index is -1.11. The lowest BCUT2D eigenvalue weighted by atomic mass is 9.99. The van der Waals surface area contributed by atoms with Crippen molar-refractivity contribution in [2.75, 3.05) is 13.2 Å². The molecular weight excluding hydrogens is 370 g/mol. The van der Waals surface area contributed by atoms with Gasteiger partial charge in [0.25, 0.3) is 5.91 Å².